The number of amides is 1. The molecule has 0 bridgehead atoms. The molecule has 1 heterocycles. The van der Waals surface area contributed by atoms with E-state index in [-0.39, 0.29) is 5.91 Å². The summed E-state index contributed by atoms with van der Waals surface area (Å²) >= 11 is 5.00. The van der Waals surface area contributed by atoms with Gasteiger partial charge in [-0.1, -0.05) is 54.2 Å². The van der Waals surface area contributed by atoms with Gasteiger partial charge in [0.15, 0.2) is 0 Å². The van der Waals surface area contributed by atoms with Gasteiger partial charge in [0.05, 0.1) is 10.2 Å². The van der Waals surface area contributed by atoms with Crippen LogP contribution >= 0.6 is 27.7 Å². The van der Waals surface area contributed by atoms with Crippen LogP contribution in [-0.2, 0) is 4.79 Å². The molecule has 1 N–H and O–H groups in total. The standard InChI is InChI=1S/C15H10BrNOS/c16-13-14(10-6-2-1-3-7-10)19-12-9-5-4-8-11(12)17-15(13)18/h1-9H,(H,17,18). The van der Waals surface area contributed by atoms with Gasteiger partial charge in [0.25, 0.3) is 5.91 Å². The normalized spacial score (nSPS) is 14.7. The molecule has 0 atom stereocenters. The molecule has 0 unspecified atom stereocenters. The molecule has 94 valence electrons. The second-order valence-corrected chi connectivity index (χ2v) is 5.91. The van der Waals surface area contributed by atoms with Crippen molar-refractivity contribution in [2.45, 2.75) is 4.90 Å². The van der Waals surface area contributed by atoms with Crippen LogP contribution in [0.5, 0.6) is 0 Å². The zero-order chi connectivity index (χ0) is 13.2. The number of halogens is 1. The quantitative estimate of drug-likeness (QED) is 0.833. The number of carbonyl (C=O) groups is 1. The van der Waals surface area contributed by atoms with Gasteiger partial charge < -0.3 is 5.32 Å². The molecule has 19 heavy (non-hydrogen) atoms. The summed E-state index contributed by atoms with van der Waals surface area (Å²) in [4.78, 5) is 14.1. The Morgan fingerprint density at radius 2 is 1.63 bits per heavy atom. The summed E-state index contributed by atoms with van der Waals surface area (Å²) in [6.45, 7) is 0. The largest absolute Gasteiger partial charge is 0.320 e. The van der Waals surface area contributed by atoms with E-state index in [1.165, 1.54) is 0 Å². The Morgan fingerprint density at radius 1 is 0.947 bits per heavy atom. The van der Waals surface area contributed by atoms with Crippen LogP contribution in [0.15, 0.2) is 64.0 Å². The lowest BCUT2D eigenvalue weighted by Crippen LogP contribution is -2.10. The molecule has 0 radical (unpaired) electrons. The van der Waals surface area contributed by atoms with Crippen molar-refractivity contribution in [1.29, 1.82) is 0 Å². The zero-order valence-corrected chi connectivity index (χ0v) is 12.3. The minimum absolute atomic E-state index is 0.115. The lowest BCUT2D eigenvalue weighted by molar-refractivity contribution is -0.112. The minimum Gasteiger partial charge on any atom is -0.320 e. The second kappa shape index (κ2) is 5.23. The summed E-state index contributed by atoms with van der Waals surface area (Å²) in [6, 6.07) is 17.7. The number of rotatable bonds is 1. The van der Waals surface area contributed by atoms with E-state index < -0.39 is 0 Å². The summed E-state index contributed by atoms with van der Waals surface area (Å²) in [7, 11) is 0. The number of para-hydroxylation sites is 1. The van der Waals surface area contributed by atoms with Gasteiger partial charge in [0.2, 0.25) is 0 Å². The maximum absolute atomic E-state index is 12.1. The van der Waals surface area contributed by atoms with E-state index in [4.69, 9.17) is 0 Å². The zero-order valence-electron chi connectivity index (χ0n) is 9.89. The van der Waals surface area contributed by atoms with Crippen LogP contribution in [0.4, 0.5) is 5.69 Å². The summed E-state index contributed by atoms with van der Waals surface area (Å²) in [5, 5.41) is 2.91. The van der Waals surface area contributed by atoms with Crippen LogP contribution in [0.3, 0.4) is 0 Å². The summed E-state index contributed by atoms with van der Waals surface area (Å²) in [5.41, 5.74) is 1.88. The third kappa shape index (κ3) is 2.46. The third-order valence-electron chi connectivity index (χ3n) is 2.78. The van der Waals surface area contributed by atoms with E-state index in [0.29, 0.717) is 4.48 Å². The molecule has 2 aromatic rings. The Balaban J connectivity index is 2.13. The van der Waals surface area contributed by atoms with E-state index in [1.54, 1.807) is 11.8 Å². The first-order valence-corrected chi connectivity index (χ1v) is 7.40. The highest BCUT2D eigenvalue weighted by atomic mass is 79.9. The highest BCUT2D eigenvalue weighted by Crippen LogP contribution is 2.44. The average molecular weight is 332 g/mol. The SMILES string of the molecule is O=C1Nc2ccccc2SC(c2ccccc2)=C1Br. The molecule has 0 fully saturated rings. The Kier molecular flexibility index (Phi) is 3.44. The van der Waals surface area contributed by atoms with E-state index in [2.05, 4.69) is 21.2 Å². The van der Waals surface area contributed by atoms with E-state index in [9.17, 15) is 4.79 Å². The molecular weight excluding hydrogens is 322 g/mol. The van der Waals surface area contributed by atoms with Crippen molar-refractivity contribution in [3.8, 4) is 0 Å². The van der Waals surface area contributed by atoms with E-state index in [0.717, 1.165) is 21.1 Å². The topological polar surface area (TPSA) is 29.1 Å². The Labute approximate surface area is 124 Å². The predicted molar refractivity (Wildman–Crippen MR) is 83.2 cm³/mol. The van der Waals surface area contributed by atoms with E-state index in [1.807, 2.05) is 54.6 Å². The molecule has 2 aromatic carbocycles. The lowest BCUT2D eigenvalue weighted by atomic mass is 10.2. The number of anilines is 1. The maximum Gasteiger partial charge on any atom is 0.263 e. The average Bonchev–Trinajstić information content (AvgIpc) is 2.58. The first-order valence-electron chi connectivity index (χ1n) is 5.79. The van der Waals surface area contributed by atoms with Gasteiger partial charge in [-0.15, -0.1) is 0 Å². The second-order valence-electron chi connectivity index (χ2n) is 4.06. The smallest absolute Gasteiger partial charge is 0.263 e. The highest BCUT2D eigenvalue weighted by Gasteiger charge is 2.21. The molecule has 1 aliphatic rings. The van der Waals surface area contributed by atoms with Crippen LogP contribution in [0, 0.1) is 0 Å². The van der Waals surface area contributed by atoms with Gasteiger partial charge in [0, 0.05) is 9.80 Å². The first-order chi connectivity index (χ1) is 9.25. The molecule has 0 saturated heterocycles. The van der Waals surface area contributed by atoms with Crippen molar-refractivity contribution in [2.75, 3.05) is 5.32 Å². The fourth-order valence-electron chi connectivity index (χ4n) is 1.87. The van der Waals surface area contributed by atoms with Crippen molar-refractivity contribution in [3.63, 3.8) is 0 Å². The van der Waals surface area contributed by atoms with Crippen molar-refractivity contribution in [3.05, 3.63) is 64.6 Å². The first kappa shape index (κ1) is 12.5. The minimum atomic E-state index is -0.115. The van der Waals surface area contributed by atoms with E-state index >= 15 is 0 Å². The fourth-order valence-corrected chi connectivity index (χ4v) is 3.47. The fraction of sp³-hybridized carbons (Fsp3) is 0. The van der Waals surface area contributed by atoms with Gasteiger partial charge in [-0.05, 0) is 33.6 Å². The van der Waals surface area contributed by atoms with Gasteiger partial charge in [-0.3, -0.25) is 4.79 Å². The van der Waals surface area contributed by atoms with Crippen LogP contribution in [0.1, 0.15) is 5.56 Å². The Bertz CT molecular complexity index is 667. The number of nitrogens with one attached hydrogen (secondary N) is 1. The number of benzene rings is 2. The van der Waals surface area contributed by atoms with Crippen molar-refractivity contribution < 1.29 is 4.79 Å². The molecular formula is C15H10BrNOS. The highest BCUT2D eigenvalue weighted by molar-refractivity contribution is 9.12. The van der Waals surface area contributed by atoms with Gasteiger partial charge in [0.1, 0.15) is 0 Å². The Hall–Kier alpha value is -1.52. The van der Waals surface area contributed by atoms with Crippen molar-refractivity contribution in [1.82, 2.24) is 0 Å². The van der Waals surface area contributed by atoms with Crippen molar-refractivity contribution >= 4 is 44.2 Å². The molecule has 1 amide bonds. The van der Waals surface area contributed by atoms with Crippen LogP contribution in [-0.4, -0.2) is 5.91 Å². The van der Waals surface area contributed by atoms with Gasteiger partial charge >= 0.3 is 0 Å². The lowest BCUT2D eigenvalue weighted by Gasteiger charge is -2.07. The summed E-state index contributed by atoms with van der Waals surface area (Å²) in [6.07, 6.45) is 0. The van der Waals surface area contributed by atoms with Crippen LogP contribution in [0.25, 0.3) is 4.91 Å². The molecule has 4 heteroatoms. The maximum atomic E-state index is 12.1. The molecule has 0 saturated carbocycles. The van der Waals surface area contributed by atoms with Crippen LogP contribution < -0.4 is 5.32 Å². The molecule has 2 nitrogen and oxygen atoms in total. The third-order valence-corrected chi connectivity index (χ3v) is 5.02. The number of hydrogen-bond acceptors (Lipinski definition) is 2. The molecule has 1 aliphatic heterocycles. The molecule has 0 aliphatic carbocycles. The van der Waals surface area contributed by atoms with Gasteiger partial charge in [-0.25, -0.2) is 0 Å². The predicted octanol–water partition coefficient (Wildman–Crippen LogP) is 4.49. The number of carbonyl (C=O) groups excluding carboxylic acids is 1. The molecule has 0 aromatic heterocycles. The number of fused-ring (bicyclic) bond motifs is 1. The number of hydrogen-bond donors (Lipinski definition) is 1. The number of thioether (sulfide) groups is 1. The van der Waals surface area contributed by atoms with Gasteiger partial charge in [-0.2, -0.15) is 0 Å². The summed E-state index contributed by atoms with van der Waals surface area (Å²) in [5.74, 6) is -0.115. The monoisotopic (exact) mass is 331 g/mol. The molecule has 0 spiro atoms. The Morgan fingerprint density at radius 3 is 2.42 bits per heavy atom. The molecule has 3 rings (SSSR count). The van der Waals surface area contributed by atoms with Crippen LogP contribution in [0.2, 0.25) is 0 Å². The summed E-state index contributed by atoms with van der Waals surface area (Å²) < 4.78 is 0.569. The van der Waals surface area contributed by atoms with Crippen molar-refractivity contribution in [2.24, 2.45) is 0 Å².